The summed E-state index contributed by atoms with van der Waals surface area (Å²) in [6.45, 7) is 18.6. The van der Waals surface area contributed by atoms with Gasteiger partial charge in [0.2, 0.25) is 18.2 Å². The van der Waals surface area contributed by atoms with Gasteiger partial charge in [0, 0.05) is 37.2 Å². The monoisotopic (exact) mass is 612 g/mol. The first-order chi connectivity index (χ1) is 20.3. The fourth-order valence-corrected chi connectivity index (χ4v) is 4.95. The third kappa shape index (κ3) is 13.4. The SMILES string of the molecule is CC(C)C.CCC#CSC(=C(C)C)c1ccc(CNC=O)c(C(C)C)c1.N=CC1(C(=O)NCC(=O)N2CCC(O)C2)CC1. The van der Waals surface area contributed by atoms with Gasteiger partial charge in [-0.2, -0.15) is 0 Å². The maximum absolute atomic E-state index is 11.7. The molecule has 1 atom stereocenters. The lowest BCUT2D eigenvalue weighted by molar-refractivity contribution is -0.133. The molecule has 3 amide bonds. The van der Waals surface area contributed by atoms with Crippen LogP contribution in [0.3, 0.4) is 0 Å². The molecule has 1 aliphatic carbocycles. The molecule has 0 bridgehead atoms. The Bertz CT molecular complexity index is 1170. The maximum Gasteiger partial charge on any atom is 0.242 e. The van der Waals surface area contributed by atoms with Crippen LogP contribution in [0.15, 0.2) is 23.8 Å². The van der Waals surface area contributed by atoms with Crippen molar-refractivity contribution in [3.63, 3.8) is 0 Å². The van der Waals surface area contributed by atoms with Gasteiger partial charge >= 0.3 is 0 Å². The van der Waals surface area contributed by atoms with Gasteiger partial charge in [-0.15, -0.1) is 0 Å². The van der Waals surface area contributed by atoms with Crippen LogP contribution in [0.1, 0.15) is 104 Å². The molecular formula is C34H52N4O4S. The quantitative estimate of drug-likeness (QED) is 0.153. The first-order valence-corrected chi connectivity index (χ1v) is 16.0. The smallest absolute Gasteiger partial charge is 0.242 e. The minimum atomic E-state index is -0.648. The Morgan fingerprint density at radius 1 is 1.21 bits per heavy atom. The molecule has 43 heavy (non-hydrogen) atoms. The highest BCUT2D eigenvalue weighted by molar-refractivity contribution is 8.12. The summed E-state index contributed by atoms with van der Waals surface area (Å²) in [6.07, 6.45) is 4.33. The van der Waals surface area contributed by atoms with E-state index < -0.39 is 11.5 Å². The van der Waals surface area contributed by atoms with Crippen molar-refractivity contribution >= 4 is 41.1 Å². The largest absolute Gasteiger partial charge is 0.391 e. The van der Waals surface area contributed by atoms with E-state index in [4.69, 9.17) is 5.41 Å². The van der Waals surface area contributed by atoms with Gasteiger partial charge in [0.1, 0.15) is 0 Å². The Kier molecular flexibility index (Phi) is 17.0. The fraction of sp³-hybridized carbons (Fsp3) is 0.588. The Hall–Kier alpha value is -3.09. The van der Waals surface area contributed by atoms with E-state index in [1.807, 2.05) is 0 Å². The number of carbonyl (C=O) groups excluding carboxylic acids is 3. The number of amides is 3. The number of likely N-dealkylation sites (tertiary alicyclic amines) is 1. The highest BCUT2D eigenvalue weighted by Gasteiger charge is 2.48. The van der Waals surface area contributed by atoms with Crippen molar-refractivity contribution in [2.45, 2.75) is 99.6 Å². The predicted molar refractivity (Wildman–Crippen MR) is 179 cm³/mol. The second-order valence-corrected chi connectivity index (χ2v) is 12.9. The number of hydrogen-bond acceptors (Lipinski definition) is 6. The molecule has 1 aromatic carbocycles. The zero-order valence-corrected chi connectivity index (χ0v) is 28.1. The van der Waals surface area contributed by atoms with Crippen molar-refractivity contribution in [2.75, 3.05) is 19.6 Å². The Morgan fingerprint density at radius 2 is 1.86 bits per heavy atom. The number of aliphatic hydroxyl groups is 1. The third-order valence-corrected chi connectivity index (χ3v) is 7.79. The summed E-state index contributed by atoms with van der Waals surface area (Å²) >= 11 is 1.60. The molecule has 238 valence electrons. The molecular weight excluding hydrogens is 560 g/mol. The lowest BCUT2D eigenvalue weighted by Gasteiger charge is -2.16. The molecule has 1 aromatic rings. The maximum atomic E-state index is 11.7. The Balaban J connectivity index is 0.000000391. The van der Waals surface area contributed by atoms with Gasteiger partial charge in [0.15, 0.2) is 0 Å². The van der Waals surface area contributed by atoms with E-state index in [1.54, 1.807) is 16.7 Å². The van der Waals surface area contributed by atoms with E-state index in [0.29, 0.717) is 44.8 Å². The standard InChI is InChI=1S/C19H25NOS.C11H17N3O3.C4H10/c1-6-7-10-22-19(15(4)5)16-8-9-17(12-20-13-21)18(11-16)14(2)3;12-7-11(2-3-11)10(17)13-5-9(16)14-4-1-8(15)6-14;1-4(2)3/h8-9,11,13-14H,6,12H2,1-5H3,(H,20,21);7-8,12,15H,1-6H2,(H,13,17);4H,1-3H3. The zero-order chi connectivity index (χ0) is 32.6. The topological polar surface area (TPSA) is 123 Å². The summed E-state index contributed by atoms with van der Waals surface area (Å²) in [5.74, 6) is 3.95. The van der Waals surface area contributed by atoms with Crippen LogP contribution in [0.5, 0.6) is 0 Å². The number of benzene rings is 1. The summed E-state index contributed by atoms with van der Waals surface area (Å²) in [4.78, 5) is 36.6. The normalized spacial score (nSPS) is 16.0. The van der Waals surface area contributed by atoms with Gasteiger partial charge in [-0.3, -0.25) is 14.4 Å². The van der Waals surface area contributed by atoms with Crippen molar-refractivity contribution in [3.8, 4) is 11.2 Å². The Labute approximate surface area is 263 Å². The molecule has 8 nitrogen and oxygen atoms in total. The Morgan fingerprint density at radius 3 is 2.33 bits per heavy atom. The number of aliphatic hydroxyl groups excluding tert-OH is 1. The number of allylic oxidation sites excluding steroid dienone is 1. The van der Waals surface area contributed by atoms with Crippen LogP contribution in [0.4, 0.5) is 0 Å². The number of carbonyl (C=O) groups is 3. The number of nitrogens with one attached hydrogen (secondary N) is 3. The van der Waals surface area contributed by atoms with Crippen LogP contribution in [-0.2, 0) is 20.9 Å². The summed E-state index contributed by atoms with van der Waals surface area (Å²) in [6, 6.07) is 6.46. The minimum absolute atomic E-state index is 0.0405. The van der Waals surface area contributed by atoms with Crippen LogP contribution >= 0.6 is 11.8 Å². The van der Waals surface area contributed by atoms with Gasteiger partial charge in [-0.25, -0.2) is 0 Å². The first-order valence-electron chi connectivity index (χ1n) is 15.2. The molecule has 0 radical (unpaired) electrons. The second-order valence-electron chi connectivity index (χ2n) is 12.1. The highest BCUT2D eigenvalue weighted by atomic mass is 32.2. The summed E-state index contributed by atoms with van der Waals surface area (Å²) in [7, 11) is 0. The number of thioether (sulfide) groups is 1. The van der Waals surface area contributed by atoms with E-state index in [0.717, 1.165) is 25.0 Å². The number of rotatable bonds is 10. The molecule has 1 unspecified atom stereocenters. The first kappa shape index (κ1) is 37.9. The van der Waals surface area contributed by atoms with Crippen LogP contribution in [0, 0.1) is 27.9 Å². The molecule has 1 aliphatic heterocycles. The average Bonchev–Trinajstić information content (AvgIpc) is 3.65. The molecule has 0 aromatic heterocycles. The highest BCUT2D eigenvalue weighted by Crippen LogP contribution is 2.43. The third-order valence-electron chi connectivity index (χ3n) is 6.70. The van der Waals surface area contributed by atoms with Gasteiger partial charge < -0.3 is 26.0 Å². The molecule has 9 heteroatoms. The lowest BCUT2D eigenvalue weighted by Crippen LogP contribution is -2.42. The van der Waals surface area contributed by atoms with E-state index in [-0.39, 0.29) is 18.4 Å². The average molecular weight is 613 g/mol. The van der Waals surface area contributed by atoms with Crippen LogP contribution in [0.25, 0.3) is 4.91 Å². The molecule has 4 N–H and O–H groups in total. The van der Waals surface area contributed by atoms with Crippen LogP contribution < -0.4 is 10.6 Å². The van der Waals surface area contributed by atoms with E-state index in [2.05, 4.69) is 95.4 Å². The lowest BCUT2D eigenvalue weighted by atomic mass is 9.94. The molecule has 2 aliphatic rings. The second kappa shape index (κ2) is 19.2. The van der Waals surface area contributed by atoms with Crippen molar-refractivity contribution in [2.24, 2.45) is 11.3 Å². The summed E-state index contributed by atoms with van der Waals surface area (Å²) in [5, 5.41) is 24.9. The van der Waals surface area contributed by atoms with Gasteiger partial charge in [-0.05, 0) is 78.7 Å². The van der Waals surface area contributed by atoms with Gasteiger partial charge in [-0.1, -0.05) is 71.2 Å². The number of nitrogens with zero attached hydrogens (tertiary/aromatic N) is 1. The predicted octanol–water partition coefficient (Wildman–Crippen LogP) is 5.70. The van der Waals surface area contributed by atoms with E-state index in [1.165, 1.54) is 27.2 Å². The minimum Gasteiger partial charge on any atom is -0.391 e. The van der Waals surface area contributed by atoms with Gasteiger partial charge in [0.05, 0.1) is 18.1 Å². The number of β-amino-alcohol motifs (C(OH)–C–C–N with tert-alkyl or cyclic N) is 1. The van der Waals surface area contributed by atoms with Crippen molar-refractivity contribution < 1.29 is 19.5 Å². The zero-order valence-electron chi connectivity index (χ0n) is 27.3. The molecule has 1 heterocycles. The van der Waals surface area contributed by atoms with Gasteiger partial charge in [0.25, 0.3) is 0 Å². The number of hydrogen-bond donors (Lipinski definition) is 4. The fourth-order valence-electron chi connectivity index (χ4n) is 4.18. The summed E-state index contributed by atoms with van der Waals surface area (Å²) in [5.41, 5.74) is 4.27. The van der Waals surface area contributed by atoms with E-state index in [9.17, 15) is 19.5 Å². The molecule has 1 saturated carbocycles. The van der Waals surface area contributed by atoms with Crippen LogP contribution in [0.2, 0.25) is 0 Å². The molecule has 2 fully saturated rings. The van der Waals surface area contributed by atoms with Crippen molar-refractivity contribution in [1.29, 1.82) is 5.41 Å². The molecule has 1 saturated heterocycles. The molecule has 0 spiro atoms. The van der Waals surface area contributed by atoms with Crippen LogP contribution in [-0.4, -0.2) is 60.2 Å². The van der Waals surface area contributed by atoms with Crippen molar-refractivity contribution in [1.82, 2.24) is 15.5 Å². The van der Waals surface area contributed by atoms with E-state index >= 15 is 0 Å². The molecule has 3 rings (SSSR count). The van der Waals surface area contributed by atoms with Crippen molar-refractivity contribution in [3.05, 3.63) is 40.5 Å². The summed E-state index contributed by atoms with van der Waals surface area (Å²) < 4.78 is 0.